The lowest BCUT2D eigenvalue weighted by Crippen LogP contribution is -2.32. The Balaban J connectivity index is 1.42. The third kappa shape index (κ3) is 7.51. The number of rotatable bonds is 12. The smallest absolute Gasteiger partial charge is 0.308 e. The summed E-state index contributed by atoms with van der Waals surface area (Å²) in [5, 5.41) is 20.9. The molecule has 0 heterocycles. The van der Waals surface area contributed by atoms with Crippen molar-refractivity contribution in [3.8, 4) is 23.0 Å². The third-order valence-corrected chi connectivity index (χ3v) is 6.13. The Morgan fingerprint density at radius 2 is 1.05 bits per heavy atom. The third-order valence-electron chi connectivity index (χ3n) is 6.13. The Labute approximate surface area is 237 Å². The van der Waals surface area contributed by atoms with Crippen LogP contribution in [0, 0.1) is 5.92 Å². The molecule has 4 aromatic rings. The van der Waals surface area contributed by atoms with Gasteiger partial charge >= 0.3 is 5.97 Å². The summed E-state index contributed by atoms with van der Waals surface area (Å²) in [6, 6.07) is 25.8. The monoisotopic (exact) mass is 554 g/mol. The molecule has 8 nitrogen and oxygen atoms in total. The minimum atomic E-state index is -0.842. The predicted molar refractivity (Wildman–Crippen MR) is 152 cm³/mol. The summed E-state index contributed by atoms with van der Waals surface area (Å²) in [6.45, 7) is 3.17. The van der Waals surface area contributed by atoms with Gasteiger partial charge in [-0.05, 0) is 24.3 Å². The Hall–Kier alpha value is -5.11. The second-order valence-corrected chi connectivity index (χ2v) is 9.58. The molecule has 0 aliphatic carbocycles. The van der Waals surface area contributed by atoms with E-state index in [0.29, 0.717) is 11.1 Å². The predicted octanol–water partition coefficient (Wildman–Crippen LogP) is 5.59. The zero-order valence-corrected chi connectivity index (χ0v) is 22.7. The van der Waals surface area contributed by atoms with E-state index in [9.17, 15) is 24.6 Å². The molecule has 0 unspecified atom stereocenters. The Morgan fingerprint density at radius 3 is 1.41 bits per heavy atom. The Bertz CT molecular complexity index is 1410. The van der Waals surface area contributed by atoms with Gasteiger partial charge in [0.15, 0.2) is 17.7 Å². The molecule has 0 bridgehead atoms. The first-order valence-corrected chi connectivity index (χ1v) is 13.0. The van der Waals surface area contributed by atoms with E-state index >= 15 is 0 Å². The first kappa shape index (κ1) is 28.9. The molecule has 41 heavy (non-hydrogen) atoms. The van der Waals surface area contributed by atoms with Crippen molar-refractivity contribution in [2.75, 3.05) is 13.2 Å². The van der Waals surface area contributed by atoms with E-state index in [2.05, 4.69) is 0 Å². The van der Waals surface area contributed by atoms with Crippen molar-refractivity contribution in [2.45, 2.75) is 20.0 Å². The van der Waals surface area contributed by atoms with Gasteiger partial charge in [0.1, 0.15) is 36.2 Å². The fourth-order valence-electron chi connectivity index (χ4n) is 3.87. The topological polar surface area (TPSA) is 119 Å². The molecule has 210 valence electrons. The van der Waals surface area contributed by atoms with Crippen molar-refractivity contribution in [1.29, 1.82) is 0 Å². The number of ether oxygens (including phenoxy) is 3. The molecule has 4 rings (SSSR count). The van der Waals surface area contributed by atoms with E-state index in [1.165, 1.54) is 24.3 Å². The van der Waals surface area contributed by atoms with Crippen molar-refractivity contribution >= 4 is 17.5 Å². The van der Waals surface area contributed by atoms with Crippen LogP contribution in [0.1, 0.15) is 45.7 Å². The molecule has 8 heteroatoms. The summed E-state index contributed by atoms with van der Waals surface area (Å²) < 4.78 is 17.1. The number of phenolic OH excluding ortho intramolecular Hbond substituents is 2. The normalized spacial score (nSPS) is 10.8. The molecule has 0 radical (unpaired) electrons. The molecule has 0 saturated heterocycles. The van der Waals surface area contributed by atoms with Crippen LogP contribution in [0.3, 0.4) is 0 Å². The lowest BCUT2D eigenvalue weighted by molar-refractivity contribution is -0.156. The maximum atomic E-state index is 12.7. The largest absolute Gasteiger partial charge is 0.507 e. The number of aromatic hydroxyl groups is 2. The molecule has 0 amide bonds. The highest BCUT2D eigenvalue weighted by atomic mass is 16.6. The van der Waals surface area contributed by atoms with Gasteiger partial charge < -0.3 is 24.4 Å². The van der Waals surface area contributed by atoms with Crippen LogP contribution in [0.4, 0.5) is 0 Å². The van der Waals surface area contributed by atoms with Crippen LogP contribution in [0.5, 0.6) is 23.0 Å². The SMILES string of the molecule is CC(C)C(=O)OC(COc1ccc(C(=O)c2ccccc2)c(O)c1)COc1ccc(C(=O)c2ccccc2)c(O)c1. The molecule has 0 aromatic heterocycles. The van der Waals surface area contributed by atoms with Crippen molar-refractivity contribution in [3.63, 3.8) is 0 Å². The summed E-state index contributed by atoms with van der Waals surface area (Å²) in [4.78, 5) is 37.7. The summed E-state index contributed by atoms with van der Waals surface area (Å²) >= 11 is 0. The van der Waals surface area contributed by atoms with E-state index < -0.39 is 18.0 Å². The van der Waals surface area contributed by atoms with Gasteiger partial charge in [-0.2, -0.15) is 0 Å². The average molecular weight is 555 g/mol. The van der Waals surface area contributed by atoms with Gasteiger partial charge in [-0.3, -0.25) is 14.4 Å². The second kappa shape index (κ2) is 13.3. The quantitative estimate of drug-likeness (QED) is 0.172. The minimum absolute atomic E-state index is 0.111. The molecule has 0 atom stereocenters. The van der Waals surface area contributed by atoms with E-state index in [1.54, 1.807) is 86.6 Å². The lowest BCUT2D eigenvalue weighted by atomic mass is 10.0. The number of benzene rings is 4. The maximum absolute atomic E-state index is 12.7. The van der Waals surface area contributed by atoms with Crippen molar-refractivity contribution in [2.24, 2.45) is 5.92 Å². The second-order valence-electron chi connectivity index (χ2n) is 9.58. The number of carbonyl (C=O) groups excluding carboxylic acids is 3. The average Bonchev–Trinajstić information content (AvgIpc) is 2.98. The van der Waals surface area contributed by atoms with Crippen LogP contribution >= 0.6 is 0 Å². The standard InChI is InChI=1S/C33H30O8/c1-21(2)33(38)41-26(19-39-24-13-15-27(29(34)17-24)31(36)22-9-5-3-6-10-22)20-40-25-14-16-28(30(35)18-25)32(37)23-11-7-4-8-12-23/h3-18,21,26,34-35H,19-20H2,1-2H3. The molecule has 0 fully saturated rings. The number of hydrogen-bond acceptors (Lipinski definition) is 8. The van der Waals surface area contributed by atoms with E-state index in [-0.39, 0.29) is 58.9 Å². The van der Waals surface area contributed by atoms with Crippen molar-refractivity contribution < 1.29 is 38.8 Å². The summed E-state index contributed by atoms with van der Waals surface area (Å²) in [6.07, 6.45) is -0.842. The highest BCUT2D eigenvalue weighted by Gasteiger charge is 2.21. The van der Waals surface area contributed by atoms with Gasteiger partial charge in [-0.1, -0.05) is 74.5 Å². The van der Waals surface area contributed by atoms with Crippen LogP contribution in [-0.2, 0) is 9.53 Å². The number of ketones is 2. The zero-order valence-electron chi connectivity index (χ0n) is 22.7. The maximum Gasteiger partial charge on any atom is 0.308 e. The van der Waals surface area contributed by atoms with Gasteiger partial charge in [0.05, 0.1) is 17.0 Å². The highest BCUT2D eigenvalue weighted by Crippen LogP contribution is 2.28. The summed E-state index contributed by atoms with van der Waals surface area (Å²) in [5.74, 6) is -1.47. The number of phenols is 2. The Kier molecular flexibility index (Phi) is 9.37. The molecular weight excluding hydrogens is 524 g/mol. The van der Waals surface area contributed by atoms with Crippen LogP contribution in [0.25, 0.3) is 0 Å². The number of carbonyl (C=O) groups is 3. The van der Waals surface area contributed by atoms with Gasteiger partial charge in [-0.25, -0.2) is 0 Å². The molecule has 0 saturated carbocycles. The molecule has 0 spiro atoms. The molecule has 0 aliphatic heterocycles. The highest BCUT2D eigenvalue weighted by molar-refractivity contribution is 6.11. The fraction of sp³-hybridized carbons (Fsp3) is 0.182. The van der Waals surface area contributed by atoms with Crippen LogP contribution in [0.15, 0.2) is 97.1 Å². The van der Waals surface area contributed by atoms with E-state index in [0.717, 1.165) is 0 Å². The van der Waals surface area contributed by atoms with E-state index in [1.807, 2.05) is 0 Å². The van der Waals surface area contributed by atoms with Crippen LogP contribution in [0.2, 0.25) is 0 Å². The molecule has 2 N–H and O–H groups in total. The van der Waals surface area contributed by atoms with Crippen LogP contribution in [-0.4, -0.2) is 47.1 Å². The number of esters is 1. The first-order valence-electron chi connectivity index (χ1n) is 13.0. The summed E-state index contributed by atoms with van der Waals surface area (Å²) in [5.41, 5.74) is 1.14. The van der Waals surface area contributed by atoms with Gasteiger partial charge in [0.2, 0.25) is 0 Å². The first-order chi connectivity index (χ1) is 19.7. The van der Waals surface area contributed by atoms with E-state index in [4.69, 9.17) is 14.2 Å². The van der Waals surface area contributed by atoms with Gasteiger partial charge in [-0.15, -0.1) is 0 Å². The van der Waals surface area contributed by atoms with Gasteiger partial charge in [0, 0.05) is 23.3 Å². The molecular formula is C33H30O8. The molecule has 0 aliphatic rings. The lowest BCUT2D eigenvalue weighted by Gasteiger charge is -2.20. The zero-order chi connectivity index (χ0) is 29.4. The minimum Gasteiger partial charge on any atom is -0.507 e. The molecule has 4 aromatic carbocycles. The van der Waals surface area contributed by atoms with Crippen molar-refractivity contribution in [3.05, 3.63) is 119 Å². The van der Waals surface area contributed by atoms with Gasteiger partial charge in [0.25, 0.3) is 0 Å². The summed E-state index contributed by atoms with van der Waals surface area (Å²) in [7, 11) is 0. The fourth-order valence-corrected chi connectivity index (χ4v) is 3.87. The number of hydrogen-bond donors (Lipinski definition) is 2. The Morgan fingerprint density at radius 1 is 0.634 bits per heavy atom. The van der Waals surface area contributed by atoms with Crippen molar-refractivity contribution in [1.82, 2.24) is 0 Å². The van der Waals surface area contributed by atoms with Crippen LogP contribution < -0.4 is 9.47 Å².